The Bertz CT molecular complexity index is 959. The summed E-state index contributed by atoms with van der Waals surface area (Å²) in [5, 5.41) is 4.71. The molecule has 0 bridgehead atoms. The molecule has 3 rings (SSSR count). The van der Waals surface area contributed by atoms with Crippen molar-refractivity contribution in [2.24, 2.45) is 0 Å². The Balaban J connectivity index is 1.89. The highest BCUT2D eigenvalue weighted by atomic mass is 32.2. The predicted octanol–water partition coefficient (Wildman–Crippen LogP) is 4.07. The highest BCUT2D eigenvalue weighted by molar-refractivity contribution is 7.90. The summed E-state index contributed by atoms with van der Waals surface area (Å²) in [5.74, 6) is -0.182. The zero-order valence-electron chi connectivity index (χ0n) is 12.9. The van der Waals surface area contributed by atoms with Gasteiger partial charge in [0.15, 0.2) is 9.84 Å². The van der Waals surface area contributed by atoms with Crippen LogP contribution < -0.4 is 5.32 Å². The van der Waals surface area contributed by atoms with E-state index in [1.165, 1.54) is 17.6 Å². The molecule has 0 atom stereocenters. The summed E-state index contributed by atoms with van der Waals surface area (Å²) in [5.41, 5.74) is 2.32. The third-order valence-electron chi connectivity index (χ3n) is 3.50. The maximum atomic E-state index is 12.5. The van der Waals surface area contributed by atoms with Gasteiger partial charge in [-0.05, 0) is 41.3 Å². The van der Waals surface area contributed by atoms with Gasteiger partial charge in [0, 0.05) is 17.5 Å². The summed E-state index contributed by atoms with van der Waals surface area (Å²) >= 11 is 1.35. The zero-order valence-corrected chi connectivity index (χ0v) is 14.5. The molecule has 0 aliphatic heterocycles. The molecule has 24 heavy (non-hydrogen) atoms. The third-order valence-corrected chi connectivity index (χ3v) is 5.54. The zero-order chi connectivity index (χ0) is 17.2. The van der Waals surface area contributed by atoms with Crippen LogP contribution in [-0.4, -0.2) is 20.6 Å². The number of nitrogens with one attached hydrogen (secondary N) is 1. The lowest BCUT2D eigenvalue weighted by molar-refractivity contribution is 0.103. The van der Waals surface area contributed by atoms with Crippen LogP contribution in [0.3, 0.4) is 0 Å². The van der Waals surface area contributed by atoms with E-state index in [9.17, 15) is 13.2 Å². The van der Waals surface area contributed by atoms with Crippen LogP contribution in [0.15, 0.2) is 70.9 Å². The minimum atomic E-state index is -3.23. The first-order valence-electron chi connectivity index (χ1n) is 7.19. The predicted molar refractivity (Wildman–Crippen MR) is 97.3 cm³/mol. The van der Waals surface area contributed by atoms with E-state index in [0.29, 0.717) is 4.88 Å². The van der Waals surface area contributed by atoms with Crippen LogP contribution in [0.25, 0.3) is 11.1 Å². The molecule has 0 spiro atoms. The molecule has 1 heterocycles. The molecule has 0 aliphatic rings. The molecule has 6 heteroatoms. The number of amides is 1. The van der Waals surface area contributed by atoms with Gasteiger partial charge in [0.1, 0.15) is 0 Å². The molecule has 122 valence electrons. The lowest BCUT2D eigenvalue weighted by Crippen LogP contribution is -2.11. The average Bonchev–Trinajstić information content (AvgIpc) is 3.05. The molecule has 0 aliphatic carbocycles. The molecule has 3 aromatic rings. The van der Waals surface area contributed by atoms with Gasteiger partial charge in [0.05, 0.1) is 9.77 Å². The monoisotopic (exact) mass is 357 g/mol. The van der Waals surface area contributed by atoms with Gasteiger partial charge in [0.2, 0.25) is 0 Å². The lowest BCUT2D eigenvalue weighted by Gasteiger charge is -2.07. The second-order valence-corrected chi connectivity index (χ2v) is 8.21. The largest absolute Gasteiger partial charge is 0.321 e. The standard InChI is InChI=1S/C18H15NO3S2/c1-24(21,22)15-9-7-13(8-10-15)16-11-12-23-17(16)18(20)19-14-5-3-2-4-6-14/h2-12H,1H3,(H,19,20). The summed E-state index contributed by atoms with van der Waals surface area (Å²) in [7, 11) is -3.23. The van der Waals surface area contributed by atoms with Gasteiger partial charge in [-0.25, -0.2) is 8.42 Å². The first kappa shape index (κ1) is 16.4. The van der Waals surface area contributed by atoms with E-state index in [1.54, 1.807) is 24.3 Å². The number of hydrogen-bond donors (Lipinski definition) is 1. The Kier molecular flexibility index (Phi) is 4.51. The molecule has 4 nitrogen and oxygen atoms in total. The van der Waals surface area contributed by atoms with Gasteiger partial charge in [-0.15, -0.1) is 11.3 Å². The Labute approximate surface area is 144 Å². The van der Waals surface area contributed by atoms with Gasteiger partial charge < -0.3 is 5.32 Å². The second kappa shape index (κ2) is 6.59. The van der Waals surface area contributed by atoms with E-state index in [-0.39, 0.29) is 10.8 Å². The van der Waals surface area contributed by atoms with Crippen LogP contribution in [0.5, 0.6) is 0 Å². The molecule has 1 aromatic heterocycles. The van der Waals surface area contributed by atoms with Crippen LogP contribution in [0.2, 0.25) is 0 Å². The number of hydrogen-bond acceptors (Lipinski definition) is 4. The van der Waals surface area contributed by atoms with Gasteiger partial charge in [-0.2, -0.15) is 0 Å². The molecule has 1 amide bonds. The molecule has 0 radical (unpaired) electrons. The molecule has 0 unspecified atom stereocenters. The quantitative estimate of drug-likeness (QED) is 0.765. The number of carbonyl (C=O) groups excluding carboxylic acids is 1. The first-order chi connectivity index (χ1) is 11.4. The molecule has 2 aromatic carbocycles. The Morgan fingerprint density at radius 3 is 2.25 bits per heavy atom. The van der Waals surface area contributed by atoms with Crippen molar-refractivity contribution < 1.29 is 13.2 Å². The summed E-state index contributed by atoms with van der Waals surface area (Å²) in [4.78, 5) is 13.3. The van der Waals surface area contributed by atoms with E-state index in [1.807, 2.05) is 41.8 Å². The summed E-state index contributed by atoms with van der Waals surface area (Å²) < 4.78 is 23.1. The van der Waals surface area contributed by atoms with Crippen LogP contribution >= 0.6 is 11.3 Å². The average molecular weight is 357 g/mol. The van der Waals surface area contributed by atoms with Crippen molar-refractivity contribution in [3.63, 3.8) is 0 Å². The van der Waals surface area contributed by atoms with Crippen LogP contribution in [0.1, 0.15) is 9.67 Å². The van der Waals surface area contributed by atoms with Gasteiger partial charge in [0.25, 0.3) is 5.91 Å². The van der Waals surface area contributed by atoms with E-state index in [4.69, 9.17) is 0 Å². The highest BCUT2D eigenvalue weighted by Gasteiger charge is 2.15. The summed E-state index contributed by atoms with van der Waals surface area (Å²) in [6, 6.07) is 17.7. The normalized spacial score (nSPS) is 11.2. The van der Waals surface area contributed by atoms with Crippen molar-refractivity contribution in [1.29, 1.82) is 0 Å². The van der Waals surface area contributed by atoms with E-state index < -0.39 is 9.84 Å². The third kappa shape index (κ3) is 3.55. The Morgan fingerprint density at radius 1 is 0.958 bits per heavy atom. The van der Waals surface area contributed by atoms with E-state index >= 15 is 0 Å². The number of carbonyl (C=O) groups is 1. The number of anilines is 1. The maximum Gasteiger partial charge on any atom is 0.266 e. The van der Waals surface area contributed by atoms with Crippen molar-refractivity contribution in [1.82, 2.24) is 0 Å². The minimum Gasteiger partial charge on any atom is -0.321 e. The minimum absolute atomic E-state index is 0.182. The lowest BCUT2D eigenvalue weighted by atomic mass is 10.1. The van der Waals surface area contributed by atoms with Crippen molar-refractivity contribution in [3.8, 4) is 11.1 Å². The fourth-order valence-electron chi connectivity index (χ4n) is 2.30. The summed E-state index contributed by atoms with van der Waals surface area (Å²) in [6.07, 6.45) is 1.17. The van der Waals surface area contributed by atoms with E-state index in [0.717, 1.165) is 16.8 Å². The highest BCUT2D eigenvalue weighted by Crippen LogP contribution is 2.29. The summed E-state index contributed by atoms with van der Waals surface area (Å²) in [6.45, 7) is 0. The first-order valence-corrected chi connectivity index (χ1v) is 9.96. The van der Waals surface area contributed by atoms with Gasteiger partial charge >= 0.3 is 0 Å². The van der Waals surface area contributed by atoms with Gasteiger partial charge in [-0.1, -0.05) is 30.3 Å². The van der Waals surface area contributed by atoms with E-state index in [2.05, 4.69) is 5.32 Å². The van der Waals surface area contributed by atoms with Crippen LogP contribution in [0, 0.1) is 0 Å². The Morgan fingerprint density at radius 2 is 1.62 bits per heavy atom. The van der Waals surface area contributed by atoms with Crippen molar-refractivity contribution in [2.75, 3.05) is 11.6 Å². The molecular weight excluding hydrogens is 342 g/mol. The number of thiophene rings is 1. The van der Waals surface area contributed by atoms with Crippen LogP contribution in [0.4, 0.5) is 5.69 Å². The molecule has 0 saturated carbocycles. The van der Waals surface area contributed by atoms with Crippen molar-refractivity contribution in [2.45, 2.75) is 4.90 Å². The number of para-hydroxylation sites is 1. The van der Waals surface area contributed by atoms with Gasteiger partial charge in [-0.3, -0.25) is 4.79 Å². The Hall–Kier alpha value is -2.44. The second-order valence-electron chi connectivity index (χ2n) is 5.28. The molecule has 0 saturated heterocycles. The topological polar surface area (TPSA) is 63.2 Å². The number of benzene rings is 2. The van der Waals surface area contributed by atoms with Crippen LogP contribution in [-0.2, 0) is 9.84 Å². The maximum absolute atomic E-state index is 12.5. The fraction of sp³-hybridized carbons (Fsp3) is 0.0556. The van der Waals surface area contributed by atoms with Crippen molar-refractivity contribution in [3.05, 3.63) is 70.9 Å². The molecule has 1 N–H and O–H groups in total. The molecule has 0 fully saturated rings. The fourth-order valence-corrected chi connectivity index (χ4v) is 3.75. The number of sulfone groups is 1. The molecular formula is C18H15NO3S2. The number of rotatable bonds is 4. The van der Waals surface area contributed by atoms with Crippen molar-refractivity contribution >= 4 is 32.8 Å². The smallest absolute Gasteiger partial charge is 0.266 e. The SMILES string of the molecule is CS(=O)(=O)c1ccc(-c2ccsc2C(=O)Nc2ccccc2)cc1.